The van der Waals surface area contributed by atoms with E-state index in [9.17, 15) is 9.59 Å². The van der Waals surface area contributed by atoms with Gasteiger partial charge in [0, 0.05) is 22.5 Å². The zero-order chi connectivity index (χ0) is 23.4. The van der Waals surface area contributed by atoms with Crippen molar-refractivity contribution in [2.24, 2.45) is 5.73 Å². The number of nitrogens with one attached hydrogen (secondary N) is 1. The number of nitrogens with zero attached hydrogens (tertiary/aromatic N) is 3. The third kappa shape index (κ3) is 5.24. The first-order valence-corrected chi connectivity index (χ1v) is 11.5. The van der Waals surface area contributed by atoms with E-state index in [1.54, 1.807) is 10.7 Å². The van der Waals surface area contributed by atoms with E-state index in [0.29, 0.717) is 29.2 Å². The molecule has 0 atom stereocenters. The average Bonchev–Trinajstić information content (AvgIpc) is 3.50. The second kappa shape index (κ2) is 9.89. The Hall–Kier alpha value is -3.62. The van der Waals surface area contributed by atoms with Crippen LogP contribution in [0.3, 0.4) is 0 Å². The maximum Gasteiger partial charge on any atom is 0.261 e. The lowest BCUT2D eigenvalue weighted by Gasteiger charge is -2.06. The van der Waals surface area contributed by atoms with Crippen LogP contribution in [0.15, 0.2) is 60.8 Å². The van der Waals surface area contributed by atoms with Gasteiger partial charge in [-0.25, -0.2) is 4.68 Å². The Morgan fingerprint density at radius 1 is 1.06 bits per heavy atom. The monoisotopic (exact) mass is 459 g/mol. The highest BCUT2D eigenvalue weighted by molar-refractivity contribution is 7.17. The number of Topliss-reactive ketones (excluding diaryl/α,β-unsaturated/α-hetero) is 1. The number of carbonyl (C=O) groups excluding carboxylic acids is 2. The summed E-state index contributed by atoms with van der Waals surface area (Å²) in [5, 5.41) is 11.5. The maximum atomic E-state index is 12.4. The van der Waals surface area contributed by atoms with Gasteiger partial charge >= 0.3 is 0 Å². The molecule has 2 aromatic carbocycles. The van der Waals surface area contributed by atoms with Crippen molar-refractivity contribution in [1.82, 2.24) is 20.3 Å². The fourth-order valence-electron chi connectivity index (χ4n) is 3.35. The molecular formula is C25H25N5O2S. The Labute approximate surface area is 196 Å². The van der Waals surface area contributed by atoms with E-state index in [1.807, 2.05) is 61.7 Å². The average molecular weight is 460 g/mol. The number of thiophene rings is 1. The molecule has 0 aliphatic heterocycles. The molecule has 8 heteroatoms. The quantitative estimate of drug-likeness (QED) is 0.303. The molecule has 0 aliphatic rings. The molecule has 2 heterocycles. The first-order chi connectivity index (χ1) is 15.9. The fraction of sp³-hybridized carbons (Fsp3) is 0.200. The fourth-order valence-corrected chi connectivity index (χ4v) is 4.26. The van der Waals surface area contributed by atoms with E-state index in [0.717, 1.165) is 28.1 Å². The molecule has 4 rings (SSSR count). The highest BCUT2D eigenvalue weighted by Crippen LogP contribution is 2.32. The van der Waals surface area contributed by atoms with Crippen LogP contribution in [0.2, 0.25) is 0 Å². The molecule has 0 unspecified atom stereocenters. The van der Waals surface area contributed by atoms with Crippen LogP contribution < -0.4 is 11.1 Å². The molecule has 0 saturated carbocycles. The van der Waals surface area contributed by atoms with Crippen LogP contribution in [0, 0.1) is 6.92 Å². The van der Waals surface area contributed by atoms with Crippen molar-refractivity contribution in [1.29, 1.82) is 0 Å². The van der Waals surface area contributed by atoms with Crippen LogP contribution in [0.4, 0.5) is 0 Å². The summed E-state index contributed by atoms with van der Waals surface area (Å²) in [7, 11) is 0. The predicted molar refractivity (Wildman–Crippen MR) is 131 cm³/mol. The van der Waals surface area contributed by atoms with Crippen molar-refractivity contribution in [3.05, 3.63) is 76.8 Å². The number of hydrogen-bond acceptors (Lipinski definition) is 6. The molecule has 7 nitrogen and oxygen atoms in total. The molecule has 0 fully saturated rings. The molecule has 2 aromatic heterocycles. The number of carbonyl (C=O) groups is 2. The van der Waals surface area contributed by atoms with Crippen LogP contribution in [0.1, 0.15) is 38.9 Å². The van der Waals surface area contributed by atoms with Crippen molar-refractivity contribution in [3.8, 4) is 27.4 Å². The normalized spacial score (nSPS) is 10.9. The van der Waals surface area contributed by atoms with E-state index in [4.69, 9.17) is 5.73 Å². The Bertz CT molecular complexity index is 1290. The predicted octanol–water partition coefficient (Wildman–Crippen LogP) is 4.25. The van der Waals surface area contributed by atoms with Crippen molar-refractivity contribution in [3.63, 3.8) is 0 Å². The number of amides is 1. The third-order valence-corrected chi connectivity index (χ3v) is 6.34. The van der Waals surface area contributed by atoms with Gasteiger partial charge in [-0.3, -0.25) is 9.59 Å². The number of hydrogen-bond donors (Lipinski definition) is 2. The largest absolute Gasteiger partial charge is 0.351 e. The Balaban J connectivity index is 1.65. The van der Waals surface area contributed by atoms with E-state index in [1.165, 1.54) is 23.8 Å². The molecule has 0 aliphatic carbocycles. The van der Waals surface area contributed by atoms with E-state index in [2.05, 4.69) is 15.6 Å². The minimum atomic E-state index is -0.122. The molecule has 1 amide bonds. The van der Waals surface area contributed by atoms with Gasteiger partial charge in [-0.15, -0.1) is 16.4 Å². The maximum absolute atomic E-state index is 12.4. The number of aromatic nitrogens is 3. The van der Waals surface area contributed by atoms with Crippen LogP contribution in [0.25, 0.3) is 27.4 Å². The summed E-state index contributed by atoms with van der Waals surface area (Å²) in [6, 6.07) is 17.3. The van der Waals surface area contributed by atoms with Crippen molar-refractivity contribution >= 4 is 23.0 Å². The summed E-state index contributed by atoms with van der Waals surface area (Å²) >= 11 is 1.38. The third-order valence-electron chi connectivity index (χ3n) is 5.21. The topological polar surface area (TPSA) is 103 Å². The van der Waals surface area contributed by atoms with Gasteiger partial charge in [0.25, 0.3) is 5.91 Å². The molecule has 33 heavy (non-hydrogen) atoms. The van der Waals surface area contributed by atoms with Crippen LogP contribution in [-0.2, 0) is 0 Å². The number of aryl methyl sites for hydroxylation is 1. The zero-order valence-corrected chi connectivity index (χ0v) is 19.4. The number of nitrogens with two attached hydrogens (primary N) is 1. The molecule has 0 radical (unpaired) electrons. The van der Waals surface area contributed by atoms with Gasteiger partial charge in [-0.05, 0) is 74.8 Å². The highest BCUT2D eigenvalue weighted by Gasteiger charge is 2.14. The molecule has 168 valence electrons. The lowest BCUT2D eigenvalue weighted by molar-refractivity contribution is 0.0956. The SMILES string of the molecule is CC(=O)c1cc(-c2cn(-c3ccc(C)cc3)nn2)cc(-c2ccc(C(=O)NCCCN)s2)c1. The summed E-state index contributed by atoms with van der Waals surface area (Å²) in [6.45, 7) is 4.65. The smallest absolute Gasteiger partial charge is 0.261 e. The summed E-state index contributed by atoms with van der Waals surface area (Å²) < 4.78 is 1.71. The summed E-state index contributed by atoms with van der Waals surface area (Å²) in [5.74, 6) is -0.163. The van der Waals surface area contributed by atoms with Gasteiger partial charge in [0.2, 0.25) is 0 Å². The van der Waals surface area contributed by atoms with Crippen LogP contribution >= 0.6 is 11.3 Å². The first-order valence-electron chi connectivity index (χ1n) is 10.7. The minimum absolute atomic E-state index is 0.0414. The van der Waals surface area contributed by atoms with Crippen molar-refractivity contribution in [2.75, 3.05) is 13.1 Å². The van der Waals surface area contributed by atoms with E-state index >= 15 is 0 Å². The van der Waals surface area contributed by atoms with Gasteiger partial charge in [0.1, 0.15) is 5.69 Å². The molecule has 0 saturated heterocycles. The zero-order valence-electron chi connectivity index (χ0n) is 18.5. The van der Waals surface area contributed by atoms with Crippen LogP contribution in [0.5, 0.6) is 0 Å². The Morgan fingerprint density at radius 2 is 1.82 bits per heavy atom. The van der Waals surface area contributed by atoms with Gasteiger partial charge in [0.05, 0.1) is 16.8 Å². The molecule has 3 N–H and O–H groups in total. The summed E-state index contributed by atoms with van der Waals surface area (Å²) in [4.78, 5) is 26.1. The lowest BCUT2D eigenvalue weighted by Crippen LogP contribution is -2.25. The van der Waals surface area contributed by atoms with Gasteiger partial charge in [-0.1, -0.05) is 22.9 Å². The number of benzene rings is 2. The summed E-state index contributed by atoms with van der Waals surface area (Å²) in [5.41, 5.74) is 10.5. The summed E-state index contributed by atoms with van der Waals surface area (Å²) in [6.07, 6.45) is 2.58. The van der Waals surface area contributed by atoms with Crippen LogP contribution in [-0.4, -0.2) is 39.8 Å². The van der Waals surface area contributed by atoms with Crippen molar-refractivity contribution < 1.29 is 9.59 Å². The number of ketones is 1. The number of rotatable bonds is 8. The van der Waals surface area contributed by atoms with Gasteiger partial charge < -0.3 is 11.1 Å². The Morgan fingerprint density at radius 3 is 2.55 bits per heavy atom. The van der Waals surface area contributed by atoms with E-state index in [-0.39, 0.29) is 11.7 Å². The molecule has 0 bridgehead atoms. The van der Waals surface area contributed by atoms with E-state index < -0.39 is 0 Å². The standard InChI is InChI=1S/C25H25N5O2S/c1-16-4-6-21(7-5-16)30-15-22(28-29-30)19-12-18(17(2)31)13-20(14-19)23-8-9-24(33-23)25(32)27-11-3-10-26/h4-9,12-15H,3,10-11,26H2,1-2H3,(H,27,32). The van der Waals surface area contributed by atoms with Gasteiger partial charge in [-0.2, -0.15) is 0 Å². The van der Waals surface area contributed by atoms with Gasteiger partial charge in [0.15, 0.2) is 5.78 Å². The Kier molecular flexibility index (Phi) is 6.76. The van der Waals surface area contributed by atoms with Crippen molar-refractivity contribution in [2.45, 2.75) is 20.3 Å². The lowest BCUT2D eigenvalue weighted by atomic mass is 10.0. The molecule has 0 spiro atoms. The molecule has 4 aromatic rings. The second-order valence-corrected chi connectivity index (χ2v) is 8.88. The first kappa shape index (κ1) is 22.6. The minimum Gasteiger partial charge on any atom is -0.351 e. The second-order valence-electron chi connectivity index (χ2n) is 7.80. The molecular weight excluding hydrogens is 434 g/mol. The highest BCUT2D eigenvalue weighted by atomic mass is 32.1.